The summed E-state index contributed by atoms with van der Waals surface area (Å²) in [6.07, 6.45) is 0. The van der Waals surface area contributed by atoms with Crippen molar-refractivity contribution in [2.45, 2.75) is 32.5 Å². The number of nitrogens with one attached hydrogen (secondary N) is 1. The van der Waals surface area contributed by atoms with E-state index in [-0.39, 0.29) is 17.3 Å². The highest BCUT2D eigenvalue weighted by Gasteiger charge is 2.17. The number of thioether (sulfide) groups is 1. The molecule has 0 unspecified atom stereocenters. The third kappa shape index (κ3) is 5.00. The van der Waals surface area contributed by atoms with E-state index in [9.17, 15) is 14.9 Å². The third-order valence-electron chi connectivity index (χ3n) is 5.20. The summed E-state index contributed by atoms with van der Waals surface area (Å²) in [5.41, 5.74) is 3.95. The quantitative estimate of drug-likeness (QED) is 0.199. The number of nitrogens with zero attached hydrogens (tertiary/aromatic N) is 5. The summed E-state index contributed by atoms with van der Waals surface area (Å²) in [7, 11) is 0. The van der Waals surface area contributed by atoms with Crippen LogP contribution < -0.4 is 5.32 Å². The highest BCUT2D eigenvalue weighted by molar-refractivity contribution is 7.99. The van der Waals surface area contributed by atoms with Crippen molar-refractivity contribution in [2.24, 2.45) is 0 Å². The fraction of sp³-hybridized carbons (Fsp3) is 0.217. The van der Waals surface area contributed by atoms with Crippen LogP contribution in [0, 0.1) is 24.0 Å². The molecule has 2 aromatic carbocycles. The van der Waals surface area contributed by atoms with E-state index >= 15 is 0 Å². The summed E-state index contributed by atoms with van der Waals surface area (Å²) in [5.74, 6) is 0.709. The van der Waals surface area contributed by atoms with Crippen LogP contribution >= 0.6 is 23.1 Å². The van der Waals surface area contributed by atoms with Crippen molar-refractivity contribution >= 4 is 39.8 Å². The van der Waals surface area contributed by atoms with Gasteiger partial charge in [-0.05, 0) is 26.3 Å². The highest BCUT2D eigenvalue weighted by Crippen LogP contribution is 2.30. The molecule has 2 aromatic heterocycles. The topological polar surface area (TPSA) is 116 Å². The lowest BCUT2D eigenvalue weighted by Gasteiger charge is -2.09. The van der Waals surface area contributed by atoms with Crippen molar-refractivity contribution in [2.75, 3.05) is 11.1 Å². The Labute approximate surface area is 204 Å². The van der Waals surface area contributed by atoms with E-state index in [1.165, 1.54) is 29.2 Å². The van der Waals surface area contributed by atoms with Crippen molar-refractivity contribution in [1.82, 2.24) is 19.7 Å². The Balaban J connectivity index is 1.42. The molecule has 0 saturated carbocycles. The van der Waals surface area contributed by atoms with Crippen LogP contribution in [-0.2, 0) is 11.3 Å². The first-order valence-corrected chi connectivity index (χ1v) is 12.4. The van der Waals surface area contributed by atoms with Crippen molar-refractivity contribution in [3.63, 3.8) is 0 Å². The summed E-state index contributed by atoms with van der Waals surface area (Å²) < 4.78 is 1.99. The molecule has 2 heterocycles. The predicted molar refractivity (Wildman–Crippen MR) is 134 cm³/mol. The maximum absolute atomic E-state index is 12.5. The minimum Gasteiger partial charge on any atom is -0.302 e. The van der Waals surface area contributed by atoms with Gasteiger partial charge >= 0.3 is 0 Å². The van der Waals surface area contributed by atoms with Crippen LogP contribution in [0.5, 0.6) is 0 Å². The average molecular weight is 495 g/mol. The van der Waals surface area contributed by atoms with E-state index in [0.717, 1.165) is 17.0 Å². The number of amides is 1. The van der Waals surface area contributed by atoms with Gasteiger partial charge in [-0.2, -0.15) is 0 Å². The van der Waals surface area contributed by atoms with Crippen molar-refractivity contribution in [1.29, 1.82) is 0 Å². The molecule has 0 fully saturated rings. The molecule has 0 saturated heterocycles. The first-order valence-electron chi connectivity index (χ1n) is 10.5. The molecule has 4 aromatic rings. The molecule has 9 nitrogen and oxygen atoms in total. The molecular formula is C23H22N6O3S2. The summed E-state index contributed by atoms with van der Waals surface area (Å²) >= 11 is 2.58. The molecule has 0 aliphatic heterocycles. The fourth-order valence-electron chi connectivity index (χ4n) is 3.42. The lowest BCUT2D eigenvalue weighted by atomic mass is 10.1. The Kier molecular flexibility index (Phi) is 7.03. The Morgan fingerprint density at radius 2 is 1.97 bits per heavy atom. The fourth-order valence-corrected chi connectivity index (χ4v) is 4.96. The van der Waals surface area contributed by atoms with Crippen molar-refractivity contribution < 1.29 is 9.72 Å². The number of anilines is 1. The molecule has 0 radical (unpaired) electrons. The zero-order valence-electron chi connectivity index (χ0n) is 18.8. The summed E-state index contributed by atoms with van der Waals surface area (Å²) in [4.78, 5) is 27.7. The minimum absolute atomic E-state index is 0.0394. The standard InChI is InChI=1S/C23H22N6O3S2/c1-4-28-21(17-8-6-5-7-14(17)2)26-27-23(28)34-13-20(30)25-22-24-18(12-33-22)16-10-9-15(3)19(11-16)29(31)32/h5-12H,4,13H2,1-3H3,(H,24,25,30). The average Bonchev–Trinajstić information content (AvgIpc) is 3.45. The number of benzene rings is 2. The molecule has 0 aliphatic rings. The molecule has 1 N–H and O–H groups in total. The smallest absolute Gasteiger partial charge is 0.272 e. The largest absolute Gasteiger partial charge is 0.302 e. The van der Waals surface area contributed by atoms with Crippen LogP contribution in [0.4, 0.5) is 10.8 Å². The number of carbonyl (C=O) groups excluding carboxylic acids is 1. The number of carbonyl (C=O) groups is 1. The zero-order valence-corrected chi connectivity index (χ0v) is 20.4. The highest BCUT2D eigenvalue weighted by atomic mass is 32.2. The lowest BCUT2D eigenvalue weighted by molar-refractivity contribution is -0.385. The SMILES string of the molecule is CCn1c(SCC(=O)Nc2nc(-c3ccc(C)c([N+](=O)[O-])c3)cs2)nnc1-c1ccccc1C. The second-order valence-electron chi connectivity index (χ2n) is 7.50. The van der Waals surface area contributed by atoms with Gasteiger partial charge in [-0.3, -0.25) is 14.9 Å². The van der Waals surface area contributed by atoms with Gasteiger partial charge in [0.2, 0.25) is 5.91 Å². The number of thiazole rings is 1. The first-order chi connectivity index (χ1) is 16.4. The second kappa shape index (κ2) is 10.1. The Hall–Kier alpha value is -3.57. The number of hydrogen-bond acceptors (Lipinski definition) is 8. The zero-order chi connectivity index (χ0) is 24.2. The molecule has 4 rings (SSSR count). The Bertz CT molecular complexity index is 1360. The lowest BCUT2D eigenvalue weighted by Crippen LogP contribution is -2.14. The van der Waals surface area contributed by atoms with Gasteiger partial charge in [0.25, 0.3) is 5.69 Å². The molecule has 0 aliphatic carbocycles. The van der Waals surface area contributed by atoms with Crippen LogP contribution in [0.1, 0.15) is 18.1 Å². The van der Waals surface area contributed by atoms with Crippen LogP contribution in [0.2, 0.25) is 0 Å². The van der Waals surface area contributed by atoms with Gasteiger partial charge in [-0.25, -0.2) is 4.98 Å². The number of rotatable bonds is 8. The molecule has 0 bridgehead atoms. The van der Waals surface area contributed by atoms with Crippen molar-refractivity contribution in [3.8, 4) is 22.6 Å². The van der Waals surface area contributed by atoms with Crippen LogP contribution in [0.25, 0.3) is 22.6 Å². The Morgan fingerprint density at radius 1 is 1.18 bits per heavy atom. The number of aromatic nitrogens is 4. The first kappa shape index (κ1) is 23.6. The summed E-state index contributed by atoms with van der Waals surface area (Å²) in [6, 6.07) is 13.0. The van der Waals surface area contributed by atoms with Crippen LogP contribution in [0.3, 0.4) is 0 Å². The van der Waals surface area contributed by atoms with E-state index in [0.29, 0.717) is 33.7 Å². The Morgan fingerprint density at radius 3 is 2.71 bits per heavy atom. The van der Waals surface area contributed by atoms with Crippen molar-refractivity contribution in [3.05, 3.63) is 69.1 Å². The van der Waals surface area contributed by atoms with E-state index in [2.05, 4.69) is 20.5 Å². The second-order valence-corrected chi connectivity index (χ2v) is 9.30. The molecule has 11 heteroatoms. The minimum atomic E-state index is -0.412. The molecule has 1 amide bonds. The number of nitro groups is 1. The summed E-state index contributed by atoms with van der Waals surface area (Å²) in [5, 5.41) is 25.5. The third-order valence-corrected chi connectivity index (χ3v) is 6.93. The molecule has 0 spiro atoms. The van der Waals surface area contributed by atoms with E-state index < -0.39 is 4.92 Å². The van der Waals surface area contributed by atoms with Gasteiger partial charge in [-0.15, -0.1) is 21.5 Å². The van der Waals surface area contributed by atoms with Gasteiger partial charge in [0, 0.05) is 34.7 Å². The molecule has 0 atom stereocenters. The van der Waals surface area contributed by atoms with E-state index in [1.54, 1.807) is 24.4 Å². The van der Waals surface area contributed by atoms with Gasteiger partial charge in [-0.1, -0.05) is 48.2 Å². The van der Waals surface area contributed by atoms with Gasteiger partial charge < -0.3 is 9.88 Å². The number of aryl methyl sites for hydroxylation is 2. The van der Waals surface area contributed by atoms with Gasteiger partial charge in [0.1, 0.15) is 0 Å². The van der Waals surface area contributed by atoms with E-state index in [1.807, 2.05) is 42.7 Å². The molecular weight excluding hydrogens is 472 g/mol. The predicted octanol–water partition coefficient (Wildman–Crippen LogP) is 5.34. The molecule has 174 valence electrons. The van der Waals surface area contributed by atoms with E-state index in [4.69, 9.17) is 0 Å². The normalized spacial score (nSPS) is 10.9. The maximum atomic E-state index is 12.5. The van der Waals surface area contributed by atoms with Crippen LogP contribution in [0.15, 0.2) is 53.0 Å². The number of nitro benzene ring substituents is 1. The monoisotopic (exact) mass is 494 g/mol. The maximum Gasteiger partial charge on any atom is 0.272 e. The van der Waals surface area contributed by atoms with Gasteiger partial charge in [0.05, 0.1) is 16.4 Å². The summed E-state index contributed by atoms with van der Waals surface area (Å²) in [6.45, 7) is 6.41. The van der Waals surface area contributed by atoms with Crippen LogP contribution in [-0.4, -0.2) is 36.3 Å². The number of hydrogen-bond donors (Lipinski definition) is 1. The molecule has 34 heavy (non-hydrogen) atoms. The van der Waals surface area contributed by atoms with Gasteiger partial charge in [0.15, 0.2) is 16.1 Å².